The average molecular weight is 407 g/mol. The first-order valence-electron chi connectivity index (χ1n) is 8.56. The van der Waals surface area contributed by atoms with Crippen molar-refractivity contribution in [3.8, 4) is 16.8 Å². The van der Waals surface area contributed by atoms with Crippen LogP contribution in [0.15, 0.2) is 84.0 Å². The number of nitrogens with zero attached hydrogens (tertiary/aromatic N) is 4. The Morgan fingerprint density at radius 1 is 0.893 bits per heavy atom. The second-order valence-electron chi connectivity index (χ2n) is 6.00. The Morgan fingerprint density at radius 2 is 1.57 bits per heavy atom. The highest BCUT2D eigenvalue weighted by atomic mass is 35.5. The van der Waals surface area contributed by atoms with Gasteiger partial charge in [0.2, 0.25) is 5.16 Å². The molecule has 1 heterocycles. The number of benzene rings is 3. The zero-order valence-electron chi connectivity index (χ0n) is 14.7. The molecule has 0 aliphatic rings. The fourth-order valence-corrected chi connectivity index (χ4v) is 3.62. The minimum Gasteiger partial charge on any atom is -0.293 e. The van der Waals surface area contributed by atoms with Crippen molar-refractivity contribution in [3.05, 3.63) is 89.4 Å². The van der Waals surface area contributed by atoms with Crippen molar-refractivity contribution < 1.29 is 4.79 Å². The summed E-state index contributed by atoms with van der Waals surface area (Å²) in [5, 5.41) is 12.9. The fourth-order valence-electron chi connectivity index (χ4n) is 2.71. The molecule has 0 aliphatic carbocycles. The van der Waals surface area contributed by atoms with Crippen LogP contribution in [0.3, 0.4) is 0 Å². The molecule has 5 nitrogen and oxygen atoms in total. The summed E-state index contributed by atoms with van der Waals surface area (Å²) in [6, 6.07) is 24.9. The van der Waals surface area contributed by atoms with Gasteiger partial charge < -0.3 is 0 Å². The van der Waals surface area contributed by atoms with Crippen molar-refractivity contribution >= 4 is 29.1 Å². The summed E-state index contributed by atoms with van der Waals surface area (Å²) in [4.78, 5) is 12.6. The molecule has 0 radical (unpaired) electrons. The molecule has 138 valence electrons. The number of thioether (sulfide) groups is 1. The molecule has 0 saturated carbocycles. The third-order valence-electron chi connectivity index (χ3n) is 4.16. The van der Waals surface area contributed by atoms with Gasteiger partial charge in [0, 0.05) is 10.6 Å². The van der Waals surface area contributed by atoms with Crippen LogP contribution >= 0.6 is 23.4 Å². The molecule has 0 N–H and O–H groups in total. The van der Waals surface area contributed by atoms with E-state index in [4.69, 9.17) is 11.6 Å². The first-order valence-corrected chi connectivity index (χ1v) is 9.93. The molecule has 4 aromatic rings. The number of hydrogen-bond acceptors (Lipinski definition) is 5. The van der Waals surface area contributed by atoms with Gasteiger partial charge in [0.1, 0.15) is 0 Å². The molecule has 4 rings (SSSR count). The Morgan fingerprint density at radius 3 is 2.29 bits per heavy atom. The Bertz CT molecular complexity index is 1080. The molecular formula is C21H15ClN4OS. The maximum Gasteiger partial charge on any atom is 0.214 e. The summed E-state index contributed by atoms with van der Waals surface area (Å²) in [5.74, 6) is 0.272. The summed E-state index contributed by atoms with van der Waals surface area (Å²) < 4.78 is 1.59. The lowest BCUT2D eigenvalue weighted by Crippen LogP contribution is -2.05. The second kappa shape index (κ2) is 8.37. The van der Waals surface area contributed by atoms with Crippen molar-refractivity contribution in [2.75, 3.05) is 5.75 Å². The van der Waals surface area contributed by atoms with Crippen LogP contribution in [0.25, 0.3) is 16.8 Å². The zero-order chi connectivity index (χ0) is 19.3. The summed E-state index contributed by atoms with van der Waals surface area (Å²) in [7, 11) is 0. The first kappa shape index (κ1) is 18.4. The largest absolute Gasteiger partial charge is 0.293 e. The monoisotopic (exact) mass is 406 g/mol. The lowest BCUT2D eigenvalue weighted by atomic mass is 10.0. The predicted octanol–water partition coefficient (Wildman–Crippen LogP) is 4.96. The molecule has 0 unspecified atom stereocenters. The summed E-state index contributed by atoms with van der Waals surface area (Å²) in [6.45, 7) is 0. The Labute approximate surface area is 171 Å². The number of halogens is 1. The number of aromatic nitrogens is 4. The van der Waals surface area contributed by atoms with Crippen LogP contribution in [0.4, 0.5) is 0 Å². The number of tetrazole rings is 1. The van der Waals surface area contributed by atoms with E-state index in [0.717, 1.165) is 16.8 Å². The van der Waals surface area contributed by atoms with Gasteiger partial charge >= 0.3 is 0 Å². The van der Waals surface area contributed by atoms with E-state index in [1.54, 1.807) is 16.8 Å². The van der Waals surface area contributed by atoms with Gasteiger partial charge in [-0.25, -0.2) is 0 Å². The molecule has 0 aliphatic heterocycles. The van der Waals surface area contributed by atoms with Crippen molar-refractivity contribution in [2.24, 2.45) is 0 Å². The Hall–Kier alpha value is -2.96. The van der Waals surface area contributed by atoms with E-state index in [2.05, 4.69) is 15.5 Å². The molecular weight excluding hydrogens is 392 g/mol. The van der Waals surface area contributed by atoms with Gasteiger partial charge in [-0.1, -0.05) is 78.0 Å². The highest BCUT2D eigenvalue weighted by Gasteiger charge is 2.13. The van der Waals surface area contributed by atoms with Gasteiger partial charge in [-0.3, -0.25) is 4.79 Å². The Balaban J connectivity index is 1.44. The van der Waals surface area contributed by atoms with E-state index in [-0.39, 0.29) is 11.5 Å². The molecule has 3 aromatic carbocycles. The predicted molar refractivity (Wildman–Crippen MR) is 111 cm³/mol. The van der Waals surface area contributed by atoms with E-state index in [9.17, 15) is 4.79 Å². The molecule has 0 amide bonds. The minimum absolute atomic E-state index is 0.0234. The zero-order valence-corrected chi connectivity index (χ0v) is 16.3. The molecule has 0 fully saturated rings. The third-order valence-corrected chi connectivity index (χ3v) is 5.33. The third kappa shape index (κ3) is 4.13. The number of rotatable bonds is 6. The van der Waals surface area contributed by atoms with E-state index >= 15 is 0 Å². The van der Waals surface area contributed by atoms with Crippen LogP contribution in [-0.2, 0) is 0 Å². The van der Waals surface area contributed by atoms with Crippen LogP contribution in [0.2, 0.25) is 5.02 Å². The standard InChI is InChI=1S/C21H15ClN4OS/c22-18-10-12-19(13-11-18)26-21(23-24-25-26)28-14-20(27)17-8-6-16(7-9-17)15-4-2-1-3-5-15/h1-13H,14H2. The minimum atomic E-state index is 0.0234. The maximum absolute atomic E-state index is 12.6. The second-order valence-corrected chi connectivity index (χ2v) is 7.38. The van der Waals surface area contributed by atoms with Gasteiger partial charge in [0.05, 0.1) is 11.4 Å². The summed E-state index contributed by atoms with van der Waals surface area (Å²) in [5.41, 5.74) is 3.66. The highest BCUT2D eigenvalue weighted by Crippen LogP contribution is 2.22. The van der Waals surface area contributed by atoms with Crippen LogP contribution in [0, 0.1) is 0 Å². The molecule has 0 saturated heterocycles. The van der Waals surface area contributed by atoms with E-state index in [0.29, 0.717) is 15.7 Å². The Kier molecular flexibility index (Phi) is 5.50. The van der Waals surface area contributed by atoms with Gasteiger partial charge in [0.25, 0.3) is 0 Å². The van der Waals surface area contributed by atoms with E-state index in [1.807, 2.05) is 66.7 Å². The van der Waals surface area contributed by atoms with Crippen LogP contribution in [0.5, 0.6) is 0 Å². The summed E-state index contributed by atoms with van der Waals surface area (Å²) >= 11 is 7.22. The van der Waals surface area contributed by atoms with Crippen LogP contribution in [-0.4, -0.2) is 31.7 Å². The number of carbonyl (C=O) groups excluding carboxylic acids is 1. The van der Waals surface area contributed by atoms with Gasteiger partial charge in [-0.2, -0.15) is 4.68 Å². The SMILES string of the molecule is O=C(CSc1nnnn1-c1ccc(Cl)cc1)c1ccc(-c2ccccc2)cc1. The lowest BCUT2D eigenvalue weighted by Gasteiger charge is -2.05. The van der Waals surface area contributed by atoms with Crippen molar-refractivity contribution in [3.63, 3.8) is 0 Å². The maximum atomic E-state index is 12.6. The number of Topliss-reactive ketones (excluding diaryl/α,β-unsaturated/α-hetero) is 1. The van der Waals surface area contributed by atoms with Crippen molar-refractivity contribution in [1.82, 2.24) is 20.2 Å². The molecule has 1 aromatic heterocycles. The highest BCUT2D eigenvalue weighted by molar-refractivity contribution is 7.99. The van der Waals surface area contributed by atoms with Crippen LogP contribution in [0.1, 0.15) is 10.4 Å². The van der Waals surface area contributed by atoms with Gasteiger partial charge in [-0.15, -0.1) is 5.10 Å². The van der Waals surface area contributed by atoms with Gasteiger partial charge in [-0.05, 0) is 45.8 Å². The molecule has 7 heteroatoms. The first-order chi connectivity index (χ1) is 13.7. The van der Waals surface area contributed by atoms with Crippen LogP contribution < -0.4 is 0 Å². The molecule has 0 bridgehead atoms. The molecule has 28 heavy (non-hydrogen) atoms. The number of hydrogen-bond donors (Lipinski definition) is 0. The van der Waals surface area contributed by atoms with Gasteiger partial charge in [0.15, 0.2) is 5.78 Å². The van der Waals surface area contributed by atoms with E-state index in [1.165, 1.54) is 11.8 Å². The smallest absolute Gasteiger partial charge is 0.214 e. The van der Waals surface area contributed by atoms with E-state index < -0.39 is 0 Å². The number of ketones is 1. The number of carbonyl (C=O) groups is 1. The summed E-state index contributed by atoms with van der Waals surface area (Å²) in [6.07, 6.45) is 0. The average Bonchev–Trinajstić information content (AvgIpc) is 3.22. The quantitative estimate of drug-likeness (QED) is 0.334. The topological polar surface area (TPSA) is 60.7 Å². The lowest BCUT2D eigenvalue weighted by molar-refractivity contribution is 0.102. The van der Waals surface area contributed by atoms with Crippen molar-refractivity contribution in [1.29, 1.82) is 0 Å². The normalized spacial score (nSPS) is 10.8. The van der Waals surface area contributed by atoms with Crippen molar-refractivity contribution in [2.45, 2.75) is 5.16 Å². The molecule has 0 atom stereocenters. The molecule has 0 spiro atoms. The fraction of sp³-hybridized carbons (Fsp3) is 0.0476.